The maximum absolute atomic E-state index is 11.5. The molecule has 1 rings (SSSR count). The van der Waals surface area contributed by atoms with Crippen LogP contribution in [-0.2, 0) is 9.59 Å². The van der Waals surface area contributed by atoms with Crippen LogP contribution < -0.4 is 0 Å². The number of aliphatic hydroxyl groups excluding tert-OH is 1. The van der Waals surface area contributed by atoms with Gasteiger partial charge in [-0.25, -0.2) is 4.79 Å². The summed E-state index contributed by atoms with van der Waals surface area (Å²) in [5, 5.41) is 18.1. The number of carbonyl (C=O) groups excluding carboxylic acids is 1. The Morgan fingerprint density at radius 3 is 2.64 bits per heavy atom. The first-order chi connectivity index (χ1) is 6.56. The standard InChI is InChI=1S/C9H15NO4/c1-2-3-8(12)10-5-6(11)4-7(10)9(13)14/h6-7,11H,2-5H2,1H3,(H,13,14)/t6-,7+/m0/s1. The minimum absolute atomic E-state index is 0.144. The number of rotatable bonds is 3. The van der Waals surface area contributed by atoms with Gasteiger partial charge in [-0.2, -0.15) is 0 Å². The lowest BCUT2D eigenvalue weighted by molar-refractivity contribution is -0.148. The lowest BCUT2D eigenvalue weighted by Crippen LogP contribution is -2.40. The molecule has 0 aliphatic carbocycles. The SMILES string of the molecule is CCCC(=O)N1C[C@@H](O)C[C@@H]1C(=O)O. The van der Waals surface area contributed by atoms with E-state index in [1.807, 2.05) is 6.92 Å². The summed E-state index contributed by atoms with van der Waals surface area (Å²) in [5.74, 6) is -1.22. The number of aliphatic hydroxyl groups is 1. The van der Waals surface area contributed by atoms with Gasteiger partial charge in [-0.05, 0) is 6.42 Å². The normalized spacial score (nSPS) is 26.6. The van der Waals surface area contributed by atoms with E-state index in [0.29, 0.717) is 12.8 Å². The van der Waals surface area contributed by atoms with Crippen LogP contribution in [0.25, 0.3) is 0 Å². The van der Waals surface area contributed by atoms with Crippen molar-refractivity contribution in [3.05, 3.63) is 0 Å². The van der Waals surface area contributed by atoms with Gasteiger partial charge >= 0.3 is 5.97 Å². The number of β-amino-alcohol motifs (C(OH)–C–C–N with tert-alkyl or cyclic N) is 1. The Morgan fingerprint density at radius 2 is 2.14 bits per heavy atom. The summed E-state index contributed by atoms with van der Waals surface area (Å²) < 4.78 is 0. The number of hydrogen-bond donors (Lipinski definition) is 2. The summed E-state index contributed by atoms with van der Waals surface area (Å²) in [5.41, 5.74) is 0. The number of carbonyl (C=O) groups is 2. The van der Waals surface area contributed by atoms with E-state index in [-0.39, 0.29) is 18.9 Å². The molecule has 0 aromatic heterocycles. The molecule has 2 atom stereocenters. The summed E-state index contributed by atoms with van der Waals surface area (Å²) in [4.78, 5) is 23.5. The Morgan fingerprint density at radius 1 is 1.50 bits per heavy atom. The molecule has 0 radical (unpaired) electrons. The van der Waals surface area contributed by atoms with Crippen molar-refractivity contribution in [1.82, 2.24) is 4.90 Å². The maximum atomic E-state index is 11.5. The zero-order valence-corrected chi connectivity index (χ0v) is 8.14. The maximum Gasteiger partial charge on any atom is 0.326 e. The summed E-state index contributed by atoms with van der Waals surface area (Å²) in [6, 6.07) is -0.843. The molecule has 0 unspecified atom stereocenters. The lowest BCUT2D eigenvalue weighted by Gasteiger charge is -2.20. The van der Waals surface area contributed by atoms with Crippen LogP contribution in [0.2, 0.25) is 0 Å². The van der Waals surface area contributed by atoms with E-state index in [9.17, 15) is 14.7 Å². The van der Waals surface area contributed by atoms with Crippen molar-refractivity contribution in [2.24, 2.45) is 0 Å². The monoisotopic (exact) mass is 201 g/mol. The van der Waals surface area contributed by atoms with Crippen LogP contribution in [-0.4, -0.2) is 45.7 Å². The van der Waals surface area contributed by atoms with Gasteiger partial charge in [0.1, 0.15) is 6.04 Å². The van der Waals surface area contributed by atoms with E-state index in [4.69, 9.17) is 5.11 Å². The fraction of sp³-hybridized carbons (Fsp3) is 0.778. The second-order valence-corrected chi connectivity index (χ2v) is 3.54. The van der Waals surface area contributed by atoms with Crippen molar-refractivity contribution in [2.75, 3.05) is 6.54 Å². The van der Waals surface area contributed by atoms with Gasteiger partial charge in [0.25, 0.3) is 0 Å². The molecule has 0 aromatic carbocycles. The average molecular weight is 201 g/mol. The minimum Gasteiger partial charge on any atom is -0.480 e. The molecule has 1 aliphatic heterocycles. The average Bonchev–Trinajstić information content (AvgIpc) is 2.48. The number of nitrogens with zero attached hydrogens (tertiary/aromatic N) is 1. The number of carboxylic acid groups (broad SMARTS) is 1. The molecular formula is C9H15NO4. The second-order valence-electron chi connectivity index (χ2n) is 3.54. The first-order valence-electron chi connectivity index (χ1n) is 4.76. The van der Waals surface area contributed by atoms with Crippen molar-refractivity contribution < 1.29 is 19.8 Å². The molecule has 1 aliphatic rings. The van der Waals surface area contributed by atoms with Gasteiger partial charge < -0.3 is 15.1 Å². The number of carboxylic acids is 1. The smallest absolute Gasteiger partial charge is 0.326 e. The summed E-state index contributed by atoms with van der Waals surface area (Å²) in [6.07, 6.45) is 0.482. The Labute approximate surface area is 82.3 Å². The predicted molar refractivity (Wildman–Crippen MR) is 48.7 cm³/mol. The summed E-state index contributed by atoms with van der Waals surface area (Å²) in [7, 11) is 0. The highest BCUT2D eigenvalue weighted by Crippen LogP contribution is 2.19. The quantitative estimate of drug-likeness (QED) is 0.664. The van der Waals surface area contributed by atoms with Crippen LogP contribution in [0.5, 0.6) is 0 Å². The number of amides is 1. The Hall–Kier alpha value is -1.10. The van der Waals surface area contributed by atoms with E-state index in [1.54, 1.807) is 0 Å². The predicted octanol–water partition coefficient (Wildman–Crippen LogP) is -0.167. The lowest BCUT2D eigenvalue weighted by atomic mass is 10.2. The molecule has 80 valence electrons. The van der Waals surface area contributed by atoms with Gasteiger partial charge in [0, 0.05) is 19.4 Å². The highest BCUT2D eigenvalue weighted by molar-refractivity contribution is 5.84. The van der Waals surface area contributed by atoms with E-state index in [2.05, 4.69) is 0 Å². The van der Waals surface area contributed by atoms with Gasteiger partial charge in [-0.1, -0.05) is 6.92 Å². The van der Waals surface area contributed by atoms with Gasteiger partial charge in [0.05, 0.1) is 6.10 Å². The van der Waals surface area contributed by atoms with E-state index < -0.39 is 18.1 Å². The van der Waals surface area contributed by atoms with Crippen molar-refractivity contribution >= 4 is 11.9 Å². The van der Waals surface area contributed by atoms with Gasteiger partial charge in [-0.3, -0.25) is 4.79 Å². The fourth-order valence-corrected chi connectivity index (χ4v) is 1.68. The molecule has 5 nitrogen and oxygen atoms in total. The topological polar surface area (TPSA) is 77.8 Å². The number of hydrogen-bond acceptors (Lipinski definition) is 3. The molecule has 1 saturated heterocycles. The van der Waals surface area contributed by atoms with E-state index >= 15 is 0 Å². The largest absolute Gasteiger partial charge is 0.480 e. The highest BCUT2D eigenvalue weighted by atomic mass is 16.4. The Balaban J connectivity index is 2.66. The van der Waals surface area contributed by atoms with Crippen LogP contribution in [0.3, 0.4) is 0 Å². The van der Waals surface area contributed by atoms with Crippen molar-refractivity contribution in [3.8, 4) is 0 Å². The molecule has 0 spiro atoms. The van der Waals surface area contributed by atoms with Crippen LogP contribution in [0, 0.1) is 0 Å². The molecule has 14 heavy (non-hydrogen) atoms. The molecule has 1 heterocycles. The van der Waals surface area contributed by atoms with Crippen LogP contribution in [0.15, 0.2) is 0 Å². The first-order valence-corrected chi connectivity index (χ1v) is 4.76. The molecule has 5 heteroatoms. The zero-order chi connectivity index (χ0) is 10.7. The minimum atomic E-state index is -1.04. The third-order valence-electron chi connectivity index (χ3n) is 2.35. The van der Waals surface area contributed by atoms with Gasteiger partial charge in [0.2, 0.25) is 5.91 Å². The third-order valence-corrected chi connectivity index (χ3v) is 2.35. The molecule has 0 bridgehead atoms. The Bertz CT molecular complexity index is 241. The third kappa shape index (κ3) is 2.23. The molecule has 1 amide bonds. The number of aliphatic carboxylic acids is 1. The van der Waals surface area contributed by atoms with Crippen LogP contribution in [0.4, 0.5) is 0 Å². The molecular weight excluding hydrogens is 186 g/mol. The molecule has 0 aromatic rings. The second kappa shape index (κ2) is 4.41. The van der Waals surface area contributed by atoms with Crippen molar-refractivity contribution in [3.63, 3.8) is 0 Å². The van der Waals surface area contributed by atoms with E-state index in [0.717, 1.165) is 0 Å². The molecule has 1 fully saturated rings. The highest BCUT2D eigenvalue weighted by Gasteiger charge is 2.38. The van der Waals surface area contributed by atoms with E-state index in [1.165, 1.54) is 4.90 Å². The molecule has 2 N–H and O–H groups in total. The van der Waals surface area contributed by atoms with Gasteiger partial charge in [-0.15, -0.1) is 0 Å². The first kappa shape index (κ1) is 11.0. The Kier molecular flexibility index (Phi) is 3.46. The van der Waals surface area contributed by atoms with Crippen LogP contribution >= 0.6 is 0 Å². The fourth-order valence-electron chi connectivity index (χ4n) is 1.68. The zero-order valence-electron chi connectivity index (χ0n) is 8.14. The van der Waals surface area contributed by atoms with Crippen LogP contribution in [0.1, 0.15) is 26.2 Å². The van der Waals surface area contributed by atoms with Crippen molar-refractivity contribution in [1.29, 1.82) is 0 Å². The summed E-state index contributed by atoms with van der Waals surface area (Å²) >= 11 is 0. The van der Waals surface area contributed by atoms with Crippen molar-refractivity contribution in [2.45, 2.75) is 38.3 Å². The number of likely N-dealkylation sites (tertiary alicyclic amines) is 1. The van der Waals surface area contributed by atoms with Gasteiger partial charge in [0.15, 0.2) is 0 Å². The molecule has 0 saturated carbocycles. The summed E-state index contributed by atoms with van der Waals surface area (Å²) in [6.45, 7) is 2.01.